The summed E-state index contributed by atoms with van der Waals surface area (Å²) in [6, 6.07) is 4.06. The molecule has 0 N–H and O–H groups in total. The number of hydrogen-bond acceptors (Lipinski definition) is 5. The quantitative estimate of drug-likeness (QED) is 0.628. The van der Waals surface area contributed by atoms with Crippen molar-refractivity contribution < 1.29 is 19.0 Å². The van der Waals surface area contributed by atoms with Crippen molar-refractivity contribution in [1.82, 2.24) is 9.80 Å². The zero-order valence-corrected chi connectivity index (χ0v) is 20.0. The Labute approximate surface area is 192 Å². The van der Waals surface area contributed by atoms with E-state index in [2.05, 4.69) is 31.7 Å². The van der Waals surface area contributed by atoms with Crippen LogP contribution in [0, 0.1) is 5.92 Å². The van der Waals surface area contributed by atoms with E-state index in [4.69, 9.17) is 14.2 Å². The standard InChI is InChI=1S/C26H38N2O4/c1-5-30-24-14-23-12-18(2)32-25(23)13-22(24)6-7-26(29)28-10-8-21(9-11-28)17-27-15-19(3)31-20(4)16-27/h6-7,13-14,18-21H,5,8-12,15-17H2,1-4H3/b7-6+. The van der Waals surface area contributed by atoms with Gasteiger partial charge < -0.3 is 19.1 Å². The van der Waals surface area contributed by atoms with Gasteiger partial charge in [-0.25, -0.2) is 0 Å². The molecule has 1 aromatic carbocycles. The number of fused-ring (bicyclic) bond motifs is 1. The highest BCUT2D eigenvalue weighted by molar-refractivity contribution is 5.92. The number of benzene rings is 1. The molecule has 0 aromatic heterocycles. The van der Waals surface area contributed by atoms with Crippen LogP contribution >= 0.6 is 0 Å². The van der Waals surface area contributed by atoms with E-state index in [1.165, 1.54) is 5.56 Å². The van der Waals surface area contributed by atoms with Gasteiger partial charge in [0.05, 0.1) is 18.8 Å². The molecule has 1 amide bonds. The molecule has 3 unspecified atom stereocenters. The smallest absolute Gasteiger partial charge is 0.246 e. The summed E-state index contributed by atoms with van der Waals surface area (Å²) in [6.45, 7) is 13.7. The van der Waals surface area contributed by atoms with Crippen LogP contribution in [0.25, 0.3) is 6.08 Å². The highest BCUT2D eigenvalue weighted by atomic mass is 16.5. The lowest BCUT2D eigenvalue weighted by atomic mass is 9.95. The highest BCUT2D eigenvalue weighted by Crippen LogP contribution is 2.35. The third kappa shape index (κ3) is 5.65. The van der Waals surface area contributed by atoms with Crippen LogP contribution in [0.4, 0.5) is 0 Å². The second-order valence-electron chi connectivity index (χ2n) is 9.64. The fourth-order valence-corrected chi connectivity index (χ4v) is 5.27. The molecule has 3 aliphatic rings. The number of rotatable bonds is 6. The molecule has 2 fully saturated rings. The van der Waals surface area contributed by atoms with Gasteiger partial charge in [0.25, 0.3) is 0 Å². The number of amides is 1. The van der Waals surface area contributed by atoms with Crippen LogP contribution < -0.4 is 9.47 Å². The van der Waals surface area contributed by atoms with Crippen molar-refractivity contribution in [2.45, 2.75) is 65.3 Å². The van der Waals surface area contributed by atoms with Gasteiger partial charge in [0, 0.05) is 56.3 Å². The number of carbonyl (C=O) groups is 1. The van der Waals surface area contributed by atoms with E-state index in [1.54, 1.807) is 6.08 Å². The molecule has 3 atom stereocenters. The van der Waals surface area contributed by atoms with Crippen LogP contribution in [-0.4, -0.2) is 73.3 Å². The fourth-order valence-electron chi connectivity index (χ4n) is 5.27. The topological polar surface area (TPSA) is 51.2 Å². The molecule has 0 bridgehead atoms. The van der Waals surface area contributed by atoms with E-state index in [0.29, 0.717) is 24.7 Å². The van der Waals surface area contributed by atoms with E-state index in [9.17, 15) is 4.79 Å². The Morgan fingerprint density at radius 1 is 1.12 bits per heavy atom. The second-order valence-corrected chi connectivity index (χ2v) is 9.64. The van der Waals surface area contributed by atoms with Gasteiger partial charge in [0.2, 0.25) is 5.91 Å². The number of nitrogens with zero attached hydrogens (tertiary/aromatic N) is 2. The minimum atomic E-state index is 0.0781. The summed E-state index contributed by atoms with van der Waals surface area (Å²) >= 11 is 0. The van der Waals surface area contributed by atoms with E-state index in [1.807, 2.05) is 24.0 Å². The van der Waals surface area contributed by atoms with Gasteiger partial charge in [-0.15, -0.1) is 0 Å². The molecule has 0 radical (unpaired) electrons. The molecule has 2 saturated heterocycles. The number of hydrogen-bond donors (Lipinski definition) is 0. The van der Waals surface area contributed by atoms with Crippen LogP contribution in [0.3, 0.4) is 0 Å². The number of ether oxygens (including phenoxy) is 3. The third-order valence-corrected chi connectivity index (χ3v) is 6.67. The Bertz CT molecular complexity index is 821. The van der Waals surface area contributed by atoms with Gasteiger partial charge in [-0.3, -0.25) is 9.69 Å². The van der Waals surface area contributed by atoms with Gasteiger partial charge in [-0.05, 0) is 64.7 Å². The van der Waals surface area contributed by atoms with E-state index in [-0.39, 0.29) is 12.0 Å². The van der Waals surface area contributed by atoms with Crippen molar-refractivity contribution in [3.63, 3.8) is 0 Å². The zero-order chi connectivity index (χ0) is 22.7. The predicted molar refractivity (Wildman–Crippen MR) is 126 cm³/mol. The van der Waals surface area contributed by atoms with Crippen molar-refractivity contribution >= 4 is 12.0 Å². The van der Waals surface area contributed by atoms with E-state index in [0.717, 1.165) is 69.0 Å². The normalized spacial score (nSPS) is 26.9. The molecule has 176 valence electrons. The maximum atomic E-state index is 12.8. The summed E-state index contributed by atoms with van der Waals surface area (Å²) in [5.41, 5.74) is 2.08. The van der Waals surface area contributed by atoms with Gasteiger partial charge in [0.1, 0.15) is 17.6 Å². The van der Waals surface area contributed by atoms with Crippen molar-refractivity contribution in [1.29, 1.82) is 0 Å². The van der Waals surface area contributed by atoms with E-state index < -0.39 is 0 Å². The summed E-state index contributed by atoms with van der Waals surface area (Å²) in [5, 5.41) is 0. The predicted octanol–water partition coefficient (Wildman–Crippen LogP) is 3.77. The van der Waals surface area contributed by atoms with Crippen LogP contribution in [0.2, 0.25) is 0 Å². The molecule has 0 aliphatic carbocycles. The molecule has 6 heteroatoms. The SMILES string of the molecule is CCOc1cc2c(cc1/C=C/C(=O)N1CCC(CN3CC(C)OC(C)C3)CC1)OC(C)C2. The van der Waals surface area contributed by atoms with Crippen LogP contribution in [-0.2, 0) is 16.0 Å². The summed E-state index contributed by atoms with van der Waals surface area (Å²) in [7, 11) is 0. The first kappa shape index (κ1) is 23.1. The Kier molecular flexibility index (Phi) is 7.41. The minimum absolute atomic E-state index is 0.0781. The summed E-state index contributed by atoms with van der Waals surface area (Å²) in [4.78, 5) is 17.4. The van der Waals surface area contributed by atoms with Gasteiger partial charge >= 0.3 is 0 Å². The first-order valence-electron chi connectivity index (χ1n) is 12.2. The lowest BCUT2D eigenvalue weighted by Crippen LogP contribution is -2.48. The van der Waals surface area contributed by atoms with E-state index >= 15 is 0 Å². The highest BCUT2D eigenvalue weighted by Gasteiger charge is 2.27. The summed E-state index contributed by atoms with van der Waals surface area (Å²) in [5.74, 6) is 2.46. The Balaban J connectivity index is 1.32. The molecule has 4 rings (SSSR count). The maximum absolute atomic E-state index is 12.8. The second kappa shape index (κ2) is 10.3. The molecule has 1 aromatic rings. The number of carbonyl (C=O) groups excluding carboxylic acids is 1. The number of likely N-dealkylation sites (tertiary alicyclic amines) is 1. The fraction of sp³-hybridized carbons (Fsp3) is 0.654. The maximum Gasteiger partial charge on any atom is 0.246 e. The molecule has 0 spiro atoms. The lowest BCUT2D eigenvalue weighted by molar-refractivity contribution is -0.127. The summed E-state index contributed by atoms with van der Waals surface area (Å²) < 4.78 is 17.6. The first-order chi connectivity index (χ1) is 15.4. The zero-order valence-electron chi connectivity index (χ0n) is 20.0. The molecular formula is C26H38N2O4. The van der Waals surface area contributed by atoms with Crippen molar-refractivity contribution in [3.05, 3.63) is 29.3 Å². The van der Waals surface area contributed by atoms with Crippen molar-refractivity contribution in [2.24, 2.45) is 5.92 Å². The van der Waals surface area contributed by atoms with Crippen molar-refractivity contribution in [3.8, 4) is 11.5 Å². The average Bonchev–Trinajstić information content (AvgIpc) is 3.10. The molecule has 6 nitrogen and oxygen atoms in total. The van der Waals surface area contributed by atoms with Gasteiger partial charge in [-0.2, -0.15) is 0 Å². The molecule has 3 heterocycles. The summed E-state index contributed by atoms with van der Waals surface area (Å²) in [6.07, 6.45) is 7.39. The monoisotopic (exact) mass is 442 g/mol. The Morgan fingerprint density at radius 3 is 2.53 bits per heavy atom. The minimum Gasteiger partial charge on any atom is -0.493 e. The average molecular weight is 443 g/mol. The first-order valence-corrected chi connectivity index (χ1v) is 12.2. The van der Waals surface area contributed by atoms with Gasteiger partial charge in [0.15, 0.2) is 0 Å². The Morgan fingerprint density at radius 2 is 1.84 bits per heavy atom. The molecule has 3 aliphatic heterocycles. The van der Waals surface area contributed by atoms with Crippen molar-refractivity contribution in [2.75, 3.05) is 39.3 Å². The van der Waals surface area contributed by atoms with Gasteiger partial charge in [-0.1, -0.05) is 0 Å². The number of morpholine rings is 1. The molecule has 0 saturated carbocycles. The lowest BCUT2D eigenvalue weighted by Gasteiger charge is -2.39. The molecular weight excluding hydrogens is 404 g/mol. The molecule has 32 heavy (non-hydrogen) atoms. The number of piperidine rings is 1. The third-order valence-electron chi connectivity index (χ3n) is 6.67. The van der Waals surface area contributed by atoms with Crippen LogP contribution in [0.15, 0.2) is 18.2 Å². The largest absolute Gasteiger partial charge is 0.493 e. The van der Waals surface area contributed by atoms with Crippen LogP contribution in [0.5, 0.6) is 11.5 Å². The Hall–Kier alpha value is -2.05. The van der Waals surface area contributed by atoms with Crippen LogP contribution in [0.1, 0.15) is 51.7 Å².